The number of aromatic amines is 1. The van der Waals surface area contributed by atoms with Gasteiger partial charge in [-0.05, 0) is 24.5 Å². The summed E-state index contributed by atoms with van der Waals surface area (Å²) in [4.78, 5) is 36.2. The summed E-state index contributed by atoms with van der Waals surface area (Å²) in [6, 6.07) is 3.52. The Hall–Kier alpha value is -2.74. The van der Waals surface area contributed by atoms with Crippen LogP contribution in [0.15, 0.2) is 23.1 Å². The van der Waals surface area contributed by atoms with Crippen molar-refractivity contribution >= 4 is 22.7 Å². The fraction of sp³-hybridized carbons (Fsp3) is 0.375. The molecule has 3 rings (SSSR count). The maximum Gasteiger partial charge on any atom is 0.292 e. The number of nitrogens with zero attached hydrogens (tertiary/aromatic N) is 3. The van der Waals surface area contributed by atoms with E-state index in [1.807, 2.05) is 13.8 Å². The maximum absolute atomic E-state index is 12.4. The molecule has 0 bridgehead atoms. The van der Waals surface area contributed by atoms with Crippen molar-refractivity contribution in [2.45, 2.75) is 20.3 Å². The Balaban J connectivity index is 2.32. The second kappa shape index (κ2) is 6.40. The molecule has 8 heteroatoms. The number of nitrogens with one attached hydrogen (secondary N) is 2. The molecular weight excluding hydrogens is 308 g/mol. The van der Waals surface area contributed by atoms with Gasteiger partial charge in [-0.15, -0.1) is 0 Å². The Kier molecular flexibility index (Phi) is 4.30. The summed E-state index contributed by atoms with van der Waals surface area (Å²) < 4.78 is 1.69. The molecule has 0 saturated heterocycles. The number of pyridine rings is 1. The highest BCUT2D eigenvalue weighted by Crippen LogP contribution is 2.19. The van der Waals surface area contributed by atoms with Gasteiger partial charge in [-0.1, -0.05) is 13.8 Å². The Bertz CT molecular complexity index is 956. The standard InChI is InChI=1S/C16H20N6O2/c1-9(2)8-11-12(15(23)19-7-5-17)21-14-16(24)20-10-4-3-6-18-13(10)22(11)14/h3-4,6,9H,5,7-8,17H2,1-2H3,(H,19,23)(H,20,24). The summed E-state index contributed by atoms with van der Waals surface area (Å²) in [6.07, 6.45) is 2.25. The van der Waals surface area contributed by atoms with E-state index < -0.39 is 0 Å². The van der Waals surface area contributed by atoms with Gasteiger partial charge < -0.3 is 16.0 Å². The van der Waals surface area contributed by atoms with Gasteiger partial charge in [0.15, 0.2) is 11.3 Å². The zero-order valence-corrected chi connectivity index (χ0v) is 13.7. The number of nitrogens with two attached hydrogens (primary N) is 1. The Morgan fingerprint density at radius 1 is 1.42 bits per heavy atom. The molecule has 4 N–H and O–H groups in total. The normalized spacial score (nSPS) is 11.5. The monoisotopic (exact) mass is 328 g/mol. The van der Waals surface area contributed by atoms with Crippen LogP contribution < -0.4 is 16.6 Å². The molecular formula is C16H20N6O2. The molecule has 3 aromatic rings. The fourth-order valence-corrected chi connectivity index (χ4v) is 2.71. The summed E-state index contributed by atoms with van der Waals surface area (Å²) in [5.41, 5.74) is 7.38. The number of hydrogen-bond acceptors (Lipinski definition) is 5. The topological polar surface area (TPSA) is 118 Å². The van der Waals surface area contributed by atoms with E-state index in [4.69, 9.17) is 5.73 Å². The highest BCUT2D eigenvalue weighted by Gasteiger charge is 2.22. The number of rotatable bonds is 5. The van der Waals surface area contributed by atoms with Gasteiger partial charge in [0.05, 0.1) is 11.2 Å². The molecule has 0 aromatic carbocycles. The molecule has 0 saturated carbocycles. The molecule has 8 nitrogen and oxygen atoms in total. The van der Waals surface area contributed by atoms with Crippen molar-refractivity contribution < 1.29 is 4.79 Å². The third-order valence-corrected chi connectivity index (χ3v) is 3.67. The molecule has 0 fully saturated rings. The quantitative estimate of drug-likeness (QED) is 0.629. The number of H-pyrrole nitrogens is 1. The first kappa shape index (κ1) is 16.1. The molecule has 1 amide bonds. The summed E-state index contributed by atoms with van der Waals surface area (Å²) in [5.74, 6) is -0.0488. The van der Waals surface area contributed by atoms with Crippen LogP contribution in [-0.4, -0.2) is 38.3 Å². The van der Waals surface area contributed by atoms with Crippen molar-refractivity contribution in [2.75, 3.05) is 13.1 Å². The molecule has 3 aromatic heterocycles. The van der Waals surface area contributed by atoms with Crippen LogP contribution in [0.5, 0.6) is 0 Å². The number of carbonyl (C=O) groups is 1. The van der Waals surface area contributed by atoms with Gasteiger partial charge in [-0.25, -0.2) is 9.97 Å². The molecule has 0 atom stereocenters. The predicted octanol–water partition coefficient (Wildman–Crippen LogP) is 0.458. The number of hydrogen-bond donors (Lipinski definition) is 3. The van der Waals surface area contributed by atoms with Gasteiger partial charge >= 0.3 is 0 Å². The lowest BCUT2D eigenvalue weighted by atomic mass is 10.1. The van der Waals surface area contributed by atoms with E-state index >= 15 is 0 Å². The van der Waals surface area contributed by atoms with Crippen molar-refractivity contribution in [1.29, 1.82) is 0 Å². The maximum atomic E-state index is 12.4. The van der Waals surface area contributed by atoms with Crippen LogP contribution in [0.1, 0.15) is 30.0 Å². The zero-order valence-electron chi connectivity index (χ0n) is 13.7. The van der Waals surface area contributed by atoms with E-state index in [1.54, 1.807) is 22.7 Å². The highest BCUT2D eigenvalue weighted by atomic mass is 16.2. The minimum atomic E-state index is -0.349. The molecule has 126 valence electrons. The average molecular weight is 328 g/mol. The molecule has 3 heterocycles. The number of imidazole rings is 1. The smallest absolute Gasteiger partial charge is 0.292 e. The second-order valence-electron chi connectivity index (χ2n) is 6.04. The van der Waals surface area contributed by atoms with Crippen LogP contribution in [-0.2, 0) is 6.42 Å². The molecule has 0 aliphatic heterocycles. The summed E-state index contributed by atoms with van der Waals surface area (Å²) >= 11 is 0. The molecule has 24 heavy (non-hydrogen) atoms. The van der Waals surface area contributed by atoms with E-state index in [2.05, 4.69) is 20.3 Å². The van der Waals surface area contributed by atoms with Crippen LogP contribution in [0.2, 0.25) is 0 Å². The van der Waals surface area contributed by atoms with Crippen molar-refractivity contribution in [1.82, 2.24) is 24.7 Å². The number of amides is 1. The summed E-state index contributed by atoms with van der Waals surface area (Å²) in [7, 11) is 0. The fourth-order valence-electron chi connectivity index (χ4n) is 2.71. The van der Waals surface area contributed by atoms with Crippen molar-refractivity contribution in [2.24, 2.45) is 11.7 Å². The van der Waals surface area contributed by atoms with E-state index in [1.165, 1.54) is 0 Å². The average Bonchev–Trinajstić information content (AvgIpc) is 2.92. The Morgan fingerprint density at radius 2 is 2.21 bits per heavy atom. The lowest BCUT2D eigenvalue weighted by Gasteiger charge is -2.09. The third kappa shape index (κ3) is 2.76. The van der Waals surface area contributed by atoms with Crippen molar-refractivity contribution in [3.63, 3.8) is 0 Å². The van der Waals surface area contributed by atoms with Gasteiger partial charge in [-0.3, -0.25) is 14.0 Å². The van der Waals surface area contributed by atoms with Crippen molar-refractivity contribution in [3.8, 4) is 0 Å². The summed E-state index contributed by atoms with van der Waals surface area (Å²) in [6.45, 7) is 4.78. The lowest BCUT2D eigenvalue weighted by molar-refractivity contribution is 0.0949. The van der Waals surface area contributed by atoms with Crippen LogP contribution >= 0.6 is 0 Å². The molecule has 0 spiro atoms. The molecule has 0 aliphatic carbocycles. The number of fused-ring (bicyclic) bond motifs is 3. The summed E-state index contributed by atoms with van der Waals surface area (Å²) in [5, 5.41) is 2.72. The molecule has 0 aliphatic rings. The van der Waals surface area contributed by atoms with Gasteiger partial charge in [0.25, 0.3) is 11.5 Å². The first-order valence-corrected chi connectivity index (χ1v) is 7.89. The third-order valence-electron chi connectivity index (χ3n) is 3.67. The molecule has 0 radical (unpaired) electrons. The Labute approximate surface area is 138 Å². The van der Waals surface area contributed by atoms with E-state index in [0.717, 1.165) is 0 Å². The zero-order chi connectivity index (χ0) is 17.3. The van der Waals surface area contributed by atoms with Crippen LogP contribution in [0.25, 0.3) is 16.8 Å². The predicted molar refractivity (Wildman–Crippen MR) is 91.0 cm³/mol. The molecule has 0 unspecified atom stereocenters. The van der Waals surface area contributed by atoms with E-state index in [-0.39, 0.29) is 28.7 Å². The van der Waals surface area contributed by atoms with Crippen LogP contribution in [0.4, 0.5) is 0 Å². The van der Waals surface area contributed by atoms with Gasteiger partial charge in [0.2, 0.25) is 5.65 Å². The lowest BCUT2D eigenvalue weighted by Crippen LogP contribution is -2.30. The van der Waals surface area contributed by atoms with Gasteiger partial charge in [0.1, 0.15) is 0 Å². The van der Waals surface area contributed by atoms with Crippen LogP contribution in [0, 0.1) is 5.92 Å². The van der Waals surface area contributed by atoms with E-state index in [9.17, 15) is 9.59 Å². The Morgan fingerprint density at radius 3 is 2.92 bits per heavy atom. The SMILES string of the molecule is CC(C)Cc1c(C(=O)NCCN)nc2c(=O)[nH]c3cccnc3n12. The number of aromatic nitrogens is 4. The largest absolute Gasteiger partial charge is 0.349 e. The highest BCUT2D eigenvalue weighted by molar-refractivity contribution is 5.95. The minimum absolute atomic E-state index is 0.176. The first-order chi connectivity index (χ1) is 11.5. The first-order valence-electron chi connectivity index (χ1n) is 7.89. The number of carbonyl (C=O) groups excluding carboxylic acids is 1. The van der Waals surface area contributed by atoms with Crippen molar-refractivity contribution in [3.05, 3.63) is 40.1 Å². The second-order valence-corrected chi connectivity index (χ2v) is 6.04. The van der Waals surface area contributed by atoms with Gasteiger partial charge in [-0.2, -0.15) is 0 Å². The van der Waals surface area contributed by atoms with E-state index in [0.29, 0.717) is 36.4 Å². The van der Waals surface area contributed by atoms with Gasteiger partial charge in [0, 0.05) is 19.3 Å². The minimum Gasteiger partial charge on any atom is -0.349 e. The van der Waals surface area contributed by atoms with Crippen LogP contribution in [0.3, 0.4) is 0 Å².